The van der Waals surface area contributed by atoms with Crippen molar-refractivity contribution < 1.29 is 13.6 Å². The molecule has 5 nitrogen and oxygen atoms in total. The maximum atomic E-state index is 14.3. The van der Waals surface area contributed by atoms with Crippen molar-refractivity contribution in [3.05, 3.63) is 71.3 Å². The van der Waals surface area contributed by atoms with E-state index in [9.17, 15) is 18.8 Å². The first-order valence-electron chi connectivity index (χ1n) is 7.47. The molecule has 3 rings (SSSR count). The molecule has 0 radical (unpaired) electrons. The number of hydrogen-bond acceptors (Lipinski definition) is 2. The minimum absolute atomic E-state index is 0.0555. The molecule has 26 heavy (non-hydrogen) atoms. The average Bonchev–Trinajstić information content (AvgIpc) is 2.60. The summed E-state index contributed by atoms with van der Waals surface area (Å²) in [6.45, 7) is 0. The summed E-state index contributed by atoms with van der Waals surface area (Å²) in [5, 5.41) is 10.5. The number of carbonyl (C=O) groups is 1. The summed E-state index contributed by atoms with van der Waals surface area (Å²) in [5.41, 5.74) is 11.1. The zero-order chi connectivity index (χ0) is 18.8. The van der Waals surface area contributed by atoms with Crippen molar-refractivity contribution in [1.82, 2.24) is 0 Å². The molecular formula is C19H12F2N4O. The van der Waals surface area contributed by atoms with Gasteiger partial charge in [0.1, 0.15) is 11.6 Å². The molecule has 0 heterocycles. The van der Waals surface area contributed by atoms with Gasteiger partial charge in [0.15, 0.2) is 5.96 Å². The van der Waals surface area contributed by atoms with Gasteiger partial charge >= 0.3 is 0 Å². The number of nitrogens with two attached hydrogens (primary N) is 2. The summed E-state index contributed by atoms with van der Waals surface area (Å²) in [6, 6.07) is 12.9. The average molecular weight is 350 g/mol. The zero-order valence-corrected chi connectivity index (χ0v) is 13.3. The van der Waals surface area contributed by atoms with Crippen LogP contribution in [0.25, 0.3) is 21.9 Å². The molecule has 0 aliphatic heterocycles. The highest BCUT2D eigenvalue weighted by atomic mass is 19.1. The molecule has 0 saturated heterocycles. The zero-order valence-electron chi connectivity index (χ0n) is 13.3. The fourth-order valence-electron chi connectivity index (χ4n) is 2.71. The van der Waals surface area contributed by atoms with Gasteiger partial charge in [0.25, 0.3) is 5.91 Å². The molecule has 0 fully saturated rings. The Balaban J connectivity index is 2.34. The molecule has 128 valence electrons. The largest absolute Gasteiger partial charge is 0.370 e. The van der Waals surface area contributed by atoms with E-state index in [4.69, 9.17) is 11.5 Å². The van der Waals surface area contributed by atoms with Crippen LogP contribution in [0.3, 0.4) is 0 Å². The molecule has 0 spiro atoms. The number of nitrogens with zero attached hydrogens (tertiary/aromatic N) is 2. The van der Waals surface area contributed by atoms with Crippen molar-refractivity contribution in [3.63, 3.8) is 0 Å². The van der Waals surface area contributed by atoms with Gasteiger partial charge in [-0.1, -0.05) is 12.1 Å². The summed E-state index contributed by atoms with van der Waals surface area (Å²) in [5.74, 6) is -2.59. The Kier molecular flexibility index (Phi) is 4.33. The number of fused-ring (bicyclic) bond motifs is 1. The number of benzene rings is 3. The molecule has 0 aromatic heterocycles. The Morgan fingerprint density at radius 2 is 1.77 bits per heavy atom. The third kappa shape index (κ3) is 3.08. The Hall–Kier alpha value is -3.79. The van der Waals surface area contributed by atoms with Gasteiger partial charge in [0, 0.05) is 22.8 Å². The fraction of sp³-hybridized carbons (Fsp3) is 0. The van der Waals surface area contributed by atoms with Gasteiger partial charge in [-0.25, -0.2) is 8.78 Å². The molecule has 0 unspecified atom stereocenters. The molecule has 0 bridgehead atoms. The van der Waals surface area contributed by atoms with Crippen LogP contribution in [0.2, 0.25) is 0 Å². The van der Waals surface area contributed by atoms with E-state index < -0.39 is 17.5 Å². The van der Waals surface area contributed by atoms with Gasteiger partial charge < -0.3 is 11.5 Å². The Morgan fingerprint density at radius 3 is 2.42 bits per heavy atom. The second-order valence-electron chi connectivity index (χ2n) is 5.50. The number of rotatable bonds is 2. The van der Waals surface area contributed by atoms with E-state index in [2.05, 4.69) is 4.99 Å². The molecule has 4 N–H and O–H groups in total. The molecule has 3 aromatic rings. The van der Waals surface area contributed by atoms with E-state index in [1.807, 2.05) is 6.07 Å². The van der Waals surface area contributed by atoms with Crippen LogP contribution in [0.4, 0.5) is 8.78 Å². The molecule has 0 saturated carbocycles. The van der Waals surface area contributed by atoms with Crippen LogP contribution in [0.1, 0.15) is 15.9 Å². The smallest absolute Gasteiger partial charge is 0.280 e. The van der Waals surface area contributed by atoms with E-state index in [1.165, 1.54) is 24.3 Å². The molecule has 3 aromatic carbocycles. The highest BCUT2D eigenvalue weighted by Crippen LogP contribution is 2.34. The standard InChI is InChI=1S/C19H12F2N4O/c20-13-5-6-14(16(21)8-13)17-12(9-22)4-2-10-1-3-11(7-15(10)17)18(26)25-19(23)24/h1-8H,(H4,23,24,25,26). The van der Waals surface area contributed by atoms with Crippen LogP contribution in [0.15, 0.2) is 53.5 Å². The quantitative estimate of drug-likeness (QED) is 0.547. The van der Waals surface area contributed by atoms with Crippen molar-refractivity contribution in [3.8, 4) is 17.2 Å². The lowest BCUT2D eigenvalue weighted by molar-refractivity contribution is 0.100. The van der Waals surface area contributed by atoms with Crippen molar-refractivity contribution in [2.24, 2.45) is 16.5 Å². The minimum Gasteiger partial charge on any atom is -0.370 e. The number of aliphatic imine (C=N–C) groups is 1. The van der Waals surface area contributed by atoms with Crippen LogP contribution >= 0.6 is 0 Å². The number of carbonyl (C=O) groups excluding carboxylic acids is 1. The molecule has 0 aliphatic carbocycles. The van der Waals surface area contributed by atoms with E-state index in [-0.39, 0.29) is 28.2 Å². The first-order valence-corrected chi connectivity index (χ1v) is 7.47. The third-order valence-corrected chi connectivity index (χ3v) is 3.82. The molecule has 1 amide bonds. The second kappa shape index (κ2) is 6.61. The van der Waals surface area contributed by atoms with Gasteiger partial charge in [0.2, 0.25) is 0 Å². The summed E-state index contributed by atoms with van der Waals surface area (Å²) >= 11 is 0. The predicted molar refractivity (Wildman–Crippen MR) is 94.2 cm³/mol. The molecular weight excluding hydrogens is 338 g/mol. The number of nitriles is 1. The van der Waals surface area contributed by atoms with Crippen molar-refractivity contribution >= 4 is 22.6 Å². The van der Waals surface area contributed by atoms with Crippen LogP contribution in [-0.2, 0) is 0 Å². The topological polar surface area (TPSA) is 105 Å². The fourth-order valence-corrected chi connectivity index (χ4v) is 2.71. The van der Waals surface area contributed by atoms with Crippen LogP contribution < -0.4 is 11.5 Å². The van der Waals surface area contributed by atoms with E-state index in [0.717, 1.165) is 12.1 Å². The maximum absolute atomic E-state index is 14.3. The molecule has 7 heteroatoms. The molecule has 0 aliphatic rings. The van der Waals surface area contributed by atoms with Crippen molar-refractivity contribution in [2.45, 2.75) is 0 Å². The lowest BCUT2D eigenvalue weighted by atomic mass is 9.92. The minimum atomic E-state index is -0.810. The van der Waals surface area contributed by atoms with E-state index in [0.29, 0.717) is 10.8 Å². The second-order valence-corrected chi connectivity index (χ2v) is 5.50. The predicted octanol–water partition coefficient (Wildman–Crippen LogP) is 3.07. The highest BCUT2D eigenvalue weighted by Gasteiger charge is 2.16. The Bertz CT molecular complexity index is 1110. The van der Waals surface area contributed by atoms with Gasteiger partial charge in [-0.05, 0) is 41.1 Å². The van der Waals surface area contributed by atoms with Crippen molar-refractivity contribution in [1.29, 1.82) is 5.26 Å². The van der Waals surface area contributed by atoms with E-state index >= 15 is 0 Å². The van der Waals surface area contributed by atoms with E-state index in [1.54, 1.807) is 12.1 Å². The number of hydrogen-bond donors (Lipinski definition) is 2. The first kappa shape index (κ1) is 17.0. The van der Waals surface area contributed by atoms with Crippen molar-refractivity contribution in [2.75, 3.05) is 0 Å². The van der Waals surface area contributed by atoms with Crippen LogP contribution in [0.5, 0.6) is 0 Å². The molecule has 0 atom stereocenters. The normalized spacial score (nSPS) is 10.3. The van der Waals surface area contributed by atoms with Gasteiger partial charge in [-0.2, -0.15) is 10.3 Å². The number of halogens is 2. The number of amides is 1. The summed E-state index contributed by atoms with van der Waals surface area (Å²) in [7, 11) is 0. The summed E-state index contributed by atoms with van der Waals surface area (Å²) in [6.07, 6.45) is 0. The SMILES string of the molecule is N#Cc1ccc2ccc(C(=O)N=C(N)N)cc2c1-c1ccc(F)cc1F. The Labute approximate surface area is 147 Å². The Morgan fingerprint density at radius 1 is 1.04 bits per heavy atom. The lowest BCUT2D eigenvalue weighted by Gasteiger charge is -2.11. The third-order valence-electron chi connectivity index (χ3n) is 3.82. The van der Waals surface area contributed by atoms with Crippen LogP contribution in [-0.4, -0.2) is 11.9 Å². The monoisotopic (exact) mass is 350 g/mol. The van der Waals surface area contributed by atoms with Gasteiger partial charge in [-0.15, -0.1) is 0 Å². The summed E-state index contributed by atoms with van der Waals surface area (Å²) < 4.78 is 27.6. The maximum Gasteiger partial charge on any atom is 0.280 e. The first-order chi connectivity index (χ1) is 12.4. The van der Waals surface area contributed by atoms with Gasteiger partial charge in [-0.3, -0.25) is 4.79 Å². The number of guanidine groups is 1. The highest BCUT2D eigenvalue weighted by molar-refractivity contribution is 6.07. The summed E-state index contributed by atoms with van der Waals surface area (Å²) in [4.78, 5) is 15.5. The van der Waals surface area contributed by atoms with Crippen LogP contribution in [0, 0.1) is 23.0 Å². The lowest BCUT2D eigenvalue weighted by Crippen LogP contribution is -2.24. The van der Waals surface area contributed by atoms with Gasteiger partial charge in [0.05, 0.1) is 11.6 Å².